The first-order chi connectivity index (χ1) is 7.34. The molecule has 0 aromatic heterocycles. The minimum Gasteiger partial charge on any atom is -0.299 e. The Kier molecular flexibility index (Phi) is 4.03. The first-order valence-corrected chi connectivity index (χ1v) is 5.40. The molecule has 1 aromatic carbocycles. The number of Topliss-reactive ketones (excluding diaryl/α,β-unsaturated/α-hetero) is 1. The van der Waals surface area contributed by atoms with Crippen molar-refractivity contribution < 1.29 is 13.6 Å². The zero-order chi connectivity index (χ0) is 12.3. The molecule has 0 N–H and O–H groups in total. The van der Waals surface area contributed by atoms with Gasteiger partial charge in [0.15, 0.2) is 0 Å². The molecule has 0 unspecified atom stereocenters. The molecule has 0 heterocycles. The SMILES string of the molecule is CCC(=O)Cc1cc(C(C)(F)F)ccc1Cl. The summed E-state index contributed by atoms with van der Waals surface area (Å²) in [6.07, 6.45) is 0.488. The van der Waals surface area contributed by atoms with E-state index in [-0.39, 0.29) is 17.8 Å². The number of ketones is 1. The van der Waals surface area contributed by atoms with Crippen molar-refractivity contribution in [3.05, 3.63) is 34.3 Å². The molecule has 0 saturated heterocycles. The molecule has 0 spiro atoms. The molecule has 4 heteroatoms. The Morgan fingerprint density at radius 1 is 1.44 bits per heavy atom. The van der Waals surface area contributed by atoms with Crippen molar-refractivity contribution >= 4 is 17.4 Å². The quantitative estimate of drug-likeness (QED) is 0.786. The van der Waals surface area contributed by atoms with Gasteiger partial charge in [-0.25, -0.2) is 8.78 Å². The van der Waals surface area contributed by atoms with Crippen LogP contribution in [-0.2, 0) is 17.1 Å². The van der Waals surface area contributed by atoms with E-state index in [4.69, 9.17) is 11.6 Å². The van der Waals surface area contributed by atoms with Crippen LogP contribution in [-0.4, -0.2) is 5.78 Å². The maximum Gasteiger partial charge on any atom is 0.270 e. The summed E-state index contributed by atoms with van der Waals surface area (Å²) in [4.78, 5) is 11.2. The van der Waals surface area contributed by atoms with Crippen LogP contribution in [0.1, 0.15) is 31.4 Å². The van der Waals surface area contributed by atoms with Crippen LogP contribution in [0.3, 0.4) is 0 Å². The third-order valence-electron chi connectivity index (χ3n) is 2.33. The molecule has 0 radical (unpaired) electrons. The van der Waals surface area contributed by atoms with Gasteiger partial charge < -0.3 is 0 Å². The Morgan fingerprint density at radius 2 is 2.06 bits per heavy atom. The number of rotatable bonds is 4. The number of alkyl halides is 2. The van der Waals surface area contributed by atoms with Crippen molar-refractivity contribution in [3.63, 3.8) is 0 Å². The third-order valence-corrected chi connectivity index (χ3v) is 2.70. The Morgan fingerprint density at radius 3 is 2.56 bits per heavy atom. The fraction of sp³-hybridized carbons (Fsp3) is 0.417. The fourth-order valence-corrected chi connectivity index (χ4v) is 1.51. The van der Waals surface area contributed by atoms with Gasteiger partial charge in [-0.15, -0.1) is 0 Å². The lowest BCUT2D eigenvalue weighted by molar-refractivity contribution is -0.118. The second-order valence-corrected chi connectivity index (χ2v) is 4.17. The van der Waals surface area contributed by atoms with Gasteiger partial charge in [0, 0.05) is 30.4 Å². The molecule has 0 aliphatic rings. The molecule has 16 heavy (non-hydrogen) atoms. The maximum absolute atomic E-state index is 13.1. The summed E-state index contributed by atoms with van der Waals surface area (Å²) in [5.74, 6) is -2.92. The van der Waals surface area contributed by atoms with E-state index in [1.807, 2.05) is 0 Å². The molecule has 1 nitrogen and oxygen atoms in total. The molecule has 88 valence electrons. The van der Waals surface area contributed by atoms with Gasteiger partial charge in [0.2, 0.25) is 0 Å². The lowest BCUT2D eigenvalue weighted by Crippen LogP contribution is -2.09. The second kappa shape index (κ2) is 4.91. The Hall–Kier alpha value is -0.960. The minimum atomic E-state index is -2.91. The van der Waals surface area contributed by atoms with Gasteiger partial charge in [-0.1, -0.05) is 24.6 Å². The molecule has 0 saturated carbocycles. The predicted molar refractivity (Wildman–Crippen MR) is 60.0 cm³/mol. The van der Waals surface area contributed by atoms with Crippen LogP contribution >= 0.6 is 11.6 Å². The standard InChI is InChI=1S/C12H13ClF2O/c1-3-10(16)7-8-6-9(12(2,14)15)4-5-11(8)13/h4-6H,3,7H2,1-2H3. The topological polar surface area (TPSA) is 17.1 Å². The van der Waals surface area contributed by atoms with Crippen LogP contribution in [0, 0.1) is 0 Å². The molecule has 0 bridgehead atoms. The highest BCUT2D eigenvalue weighted by molar-refractivity contribution is 6.31. The lowest BCUT2D eigenvalue weighted by atomic mass is 10.0. The van der Waals surface area contributed by atoms with Crippen molar-refractivity contribution in [2.45, 2.75) is 32.6 Å². The highest BCUT2D eigenvalue weighted by atomic mass is 35.5. The van der Waals surface area contributed by atoms with Crippen LogP contribution in [0.5, 0.6) is 0 Å². The average Bonchev–Trinajstić information content (AvgIpc) is 2.19. The van der Waals surface area contributed by atoms with E-state index in [1.54, 1.807) is 6.92 Å². The van der Waals surface area contributed by atoms with Gasteiger partial charge in [0.05, 0.1) is 0 Å². The van der Waals surface area contributed by atoms with Gasteiger partial charge in [0.25, 0.3) is 5.92 Å². The van der Waals surface area contributed by atoms with Gasteiger partial charge >= 0.3 is 0 Å². The highest BCUT2D eigenvalue weighted by Crippen LogP contribution is 2.30. The van der Waals surface area contributed by atoms with E-state index >= 15 is 0 Å². The van der Waals surface area contributed by atoms with Crippen LogP contribution in [0.4, 0.5) is 8.78 Å². The van der Waals surface area contributed by atoms with Crippen LogP contribution in [0.25, 0.3) is 0 Å². The number of hydrogen-bond donors (Lipinski definition) is 0. The van der Waals surface area contributed by atoms with Crippen LogP contribution in [0.15, 0.2) is 18.2 Å². The second-order valence-electron chi connectivity index (χ2n) is 3.76. The van der Waals surface area contributed by atoms with Gasteiger partial charge in [-0.05, 0) is 17.7 Å². The van der Waals surface area contributed by atoms with Crippen LogP contribution < -0.4 is 0 Å². The zero-order valence-corrected chi connectivity index (χ0v) is 9.94. The summed E-state index contributed by atoms with van der Waals surface area (Å²) in [7, 11) is 0. The van der Waals surface area contributed by atoms with Gasteiger partial charge in [-0.3, -0.25) is 4.79 Å². The smallest absolute Gasteiger partial charge is 0.270 e. The Balaban J connectivity index is 3.04. The zero-order valence-electron chi connectivity index (χ0n) is 9.19. The Labute approximate surface area is 98.4 Å². The summed E-state index contributed by atoms with van der Waals surface area (Å²) < 4.78 is 26.1. The summed E-state index contributed by atoms with van der Waals surface area (Å²) in [5.41, 5.74) is 0.350. The van der Waals surface area contributed by atoms with E-state index in [2.05, 4.69) is 0 Å². The molecule has 1 rings (SSSR count). The van der Waals surface area contributed by atoms with E-state index in [1.165, 1.54) is 18.2 Å². The number of carbonyl (C=O) groups is 1. The van der Waals surface area contributed by atoms with E-state index in [0.717, 1.165) is 6.92 Å². The van der Waals surface area contributed by atoms with Crippen molar-refractivity contribution in [1.29, 1.82) is 0 Å². The highest BCUT2D eigenvalue weighted by Gasteiger charge is 2.25. The van der Waals surface area contributed by atoms with Gasteiger partial charge in [0.1, 0.15) is 5.78 Å². The van der Waals surface area contributed by atoms with Crippen molar-refractivity contribution in [3.8, 4) is 0 Å². The maximum atomic E-state index is 13.1. The molecule has 0 aliphatic carbocycles. The summed E-state index contributed by atoms with van der Waals surface area (Å²) in [6.45, 7) is 2.55. The van der Waals surface area contributed by atoms with E-state index in [9.17, 15) is 13.6 Å². The third kappa shape index (κ3) is 3.27. The first-order valence-electron chi connectivity index (χ1n) is 5.03. The van der Waals surface area contributed by atoms with Crippen molar-refractivity contribution in [2.24, 2.45) is 0 Å². The van der Waals surface area contributed by atoms with E-state index < -0.39 is 5.92 Å². The average molecular weight is 247 g/mol. The molecule has 1 aromatic rings. The van der Waals surface area contributed by atoms with Crippen LogP contribution in [0.2, 0.25) is 5.02 Å². The summed E-state index contributed by atoms with van der Waals surface area (Å²) in [5, 5.41) is 0.356. The minimum absolute atomic E-state index is 0.0153. The molecule has 0 fully saturated rings. The van der Waals surface area contributed by atoms with Crippen molar-refractivity contribution in [1.82, 2.24) is 0 Å². The van der Waals surface area contributed by atoms with Gasteiger partial charge in [-0.2, -0.15) is 0 Å². The normalized spacial score (nSPS) is 11.6. The first kappa shape index (κ1) is 13.1. The largest absolute Gasteiger partial charge is 0.299 e. The molecular formula is C12H13ClF2O. The number of carbonyl (C=O) groups excluding carboxylic acids is 1. The number of halogens is 3. The molecular weight excluding hydrogens is 234 g/mol. The monoisotopic (exact) mass is 246 g/mol. The molecule has 0 amide bonds. The lowest BCUT2D eigenvalue weighted by Gasteiger charge is -2.12. The fourth-order valence-electron chi connectivity index (χ4n) is 1.32. The van der Waals surface area contributed by atoms with E-state index in [0.29, 0.717) is 17.0 Å². The predicted octanol–water partition coefficient (Wildman–Crippen LogP) is 3.97. The number of hydrogen-bond acceptors (Lipinski definition) is 1. The number of benzene rings is 1. The molecule has 0 aliphatic heterocycles. The molecule has 0 atom stereocenters. The summed E-state index contributed by atoms with van der Waals surface area (Å²) >= 11 is 5.85. The summed E-state index contributed by atoms with van der Waals surface area (Å²) in [6, 6.07) is 3.99. The van der Waals surface area contributed by atoms with Crippen molar-refractivity contribution in [2.75, 3.05) is 0 Å². The Bertz CT molecular complexity index is 396.